The van der Waals surface area contributed by atoms with Gasteiger partial charge in [0.2, 0.25) is 5.82 Å². The highest BCUT2D eigenvalue weighted by Crippen LogP contribution is 2.10. The molecule has 5 nitrogen and oxygen atoms in total. The van der Waals surface area contributed by atoms with Crippen LogP contribution in [0.15, 0.2) is 24.5 Å². The number of aromatic nitrogens is 5. The van der Waals surface area contributed by atoms with Crippen molar-refractivity contribution in [1.29, 1.82) is 0 Å². The Morgan fingerprint density at radius 1 is 1.40 bits per heavy atom. The summed E-state index contributed by atoms with van der Waals surface area (Å²) in [6, 6.07) is 3.79. The fourth-order valence-electron chi connectivity index (χ4n) is 1.25. The Morgan fingerprint density at radius 2 is 2.33 bits per heavy atom. The summed E-state index contributed by atoms with van der Waals surface area (Å²) in [4.78, 5) is 5.65. The van der Waals surface area contributed by atoms with Crippen molar-refractivity contribution in [3.63, 3.8) is 0 Å². The average Bonchev–Trinajstić information content (AvgIpc) is 2.76. The molecular weight excluding hydrogens is 190 g/mol. The van der Waals surface area contributed by atoms with Gasteiger partial charge in [0, 0.05) is 18.0 Å². The van der Waals surface area contributed by atoms with Crippen molar-refractivity contribution in [3.05, 3.63) is 24.5 Å². The zero-order valence-corrected chi connectivity index (χ0v) is 8.67. The molecule has 0 saturated heterocycles. The van der Waals surface area contributed by atoms with Crippen molar-refractivity contribution in [1.82, 2.24) is 25.2 Å². The highest BCUT2D eigenvalue weighted by molar-refractivity contribution is 5.51. The van der Waals surface area contributed by atoms with Gasteiger partial charge in [0.15, 0.2) is 0 Å². The van der Waals surface area contributed by atoms with Crippen molar-refractivity contribution in [2.75, 3.05) is 0 Å². The van der Waals surface area contributed by atoms with Crippen LogP contribution in [-0.4, -0.2) is 25.2 Å². The zero-order chi connectivity index (χ0) is 10.5. The standard InChI is InChI=1S/C10H13N5/c1-2-3-7-15-13-10(12-14-15)9-5-4-6-11-8-9/h4-6,8H,2-3,7H2,1H3. The van der Waals surface area contributed by atoms with E-state index < -0.39 is 0 Å². The lowest BCUT2D eigenvalue weighted by Gasteiger charge is -1.94. The first-order valence-corrected chi connectivity index (χ1v) is 5.08. The van der Waals surface area contributed by atoms with Gasteiger partial charge in [-0.15, -0.1) is 10.2 Å². The van der Waals surface area contributed by atoms with Gasteiger partial charge in [0.1, 0.15) is 0 Å². The quantitative estimate of drug-likeness (QED) is 0.756. The molecule has 0 aliphatic rings. The van der Waals surface area contributed by atoms with Crippen LogP contribution in [0.2, 0.25) is 0 Å². The van der Waals surface area contributed by atoms with E-state index in [1.807, 2.05) is 12.1 Å². The predicted octanol–water partition coefficient (Wildman–Crippen LogP) is 1.54. The summed E-state index contributed by atoms with van der Waals surface area (Å²) in [7, 11) is 0. The number of unbranched alkanes of at least 4 members (excludes halogenated alkanes) is 1. The average molecular weight is 203 g/mol. The lowest BCUT2D eigenvalue weighted by molar-refractivity contribution is 0.496. The van der Waals surface area contributed by atoms with Gasteiger partial charge in [-0.3, -0.25) is 4.98 Å². The van der Waals surface area contributed by atoms with Crippen LogP contribution in [-0.2, 0) is 6.54 Å². The molecule has 0 bridgehead atoms. The van der Waals surface area contributed by atoms with Crippen LogP contribution in [0.5, 0.6) is 0 Å². The van der Waals surface area contributed by atoms with Crippen molar-refractivity contribution in [3.8, 4) is 11.4 Å². The fraction of sp³-hybridized carbons (Fsp3) is 0.400. The van der Waals surface area contributed by atoms with E-state index in [-0.39, 0.29) is 0 Å². The monoisotopic (exact) mass is 203 g/mol. The topological polar surface area (TPSA) is 56.5 Å². The van der Waals surface area contributed by atoms with E-state index in [1.54, 1.807) is 17.2 Å². The fourth-order valence-corrected chi connectivity index (χ4v) is 1.25. The number of tetrazole rings is 1. The molecule has 0 aromatic carbocycles. The summed E-state index contributed by atoms with van der Waals surface area (Å²) in [6.45, 7) is 2.96. The molecule has 15 heavy (non-hydrogen) atoms. The predicted molar refractivity (Wildman–Crippen MR) is 56.0 cm³/mol. The third-order valence-corrected chi connectivity index (χ3v) is 2.08. The maximum Gasteiger partial charge on any atom is 0.206 e. The number of hydrogen-bond acceptors (Lipinski definition) is 4. The first-order chi connectivity index (χ1) is 7.40. The molecule has 0 atom stereocenters. The number of pyridine rings is 1. The van der Waals surface area contributed by atoms with E-state index in [0.29, 0.717) is 5.82 Å². The van der Waals surface area contributed by atoms with Gasteiger partial charge in [-0.25, -0.2) is 0 Å². The Bertz CT molecular complexity index is 409. The molecule has 2 heterocycles. The molecular formula is C10H13N5. The molecule has 0 fully saturated rings. The highest BCUT2D eigenvalue weighted by Gasteiger charge is 2.04. The van der Waals surface area contributed by atoms with Gasteiger partial charge in [-0.05, 0) is 23.8 Å². The van der Waals surface area contributed by atoms with E-state index in [4.69, 9.17) is 0 Å². The van der Waals surface area contributed by atoms with Crippen LogP contribution >= 0.6 is 0 Å². The molecule has 0 unspecified atom stereocenters. The summed E-state index contributed by atoms with van der Waals surface area (Å²) in [5.74, 6) is 0.638. The summed E-state index contributed by atoms with van der Waals surface area (Å²) in [6.07, 6.45) is 5.67. The molecule has 2 aromatic heterocycles. The molecule has 0 radical (unpaired) electrons. The number of aryl methyl sites for hydroxylation is 1. The molecule has 0 aliphatic carbocycles. The second-order valence-electron chi connectivity index (χ2n) is 3.30. The Hall–Kier alpha value is -1.78. The highest BCUT2D eigenvalue weighted by atomic mass is 15.6. The molecule has 0 N–H and O–H groups in total. The second kappa shape index (κ2) is 4.63. The van der Waals surface area contributed by atoms with Crippen LogP contribution in [0.4, 0.5) is 0 Å². The lowest BCUT2D eigenvalue weighted by atomic mass is 10.3. The minimum absolute atomic E-state index is 0.638. The summed E-state index contributed by atoms with van der Waals surface area (Å²) >= 11 is 0. The van der Waals surface area contributed by atoms with Crippen molar-refractivity contribution < 1.29 is 0 Å². The van der Waals surface area contributed by atoms with Crippen LogP contribution < -0.4 is 0 Å². The van der Waals surface area contributed by atoms with Crippen LogP contribution in [0, 0.1) is 0 Å². The SMILES string of the molecule is CCCCn1nnc(-c2cccnc2)n1. The molecule has 78 valence electrons. The zero-order valence-electron chi connectivity index (χ0n) is 8.67. The van der Waals surface area contributed by atoms with Crippen LogP contribution in [0.3, 0.4) is 0 Å². The normalized spacial score (nSPS) is 10.5. The van der Waals surface area contributed by atoms with Gasteiger partial charge in [0.25, 0.3) is 0 Å². The summed E-state index contributed by atoms with van der Waals surface area (Å²) in [5.41, 5.74) is 0.903. The maximum absolute atomic E-state index is 4.27. The Morgan fingerprint density at radius 3 is 3.07 bits per heavy atom. The maximum atomic E-state index is 4.27. The molecule has 0 saturated carbocycles. The minimum atomic E-state index is 0.638. The number of rotatable bonds is 4. The first kappa shape index (κ1) is 9.76. The van der Waals surface area contributed by atoms with Gasteiger partial charge in [-0.1, -0.05) is 13.3 Å². The molecule has 5 heteroatoms. The molecule has 0 spiro atoms. The largest absolute Gasteiger partial charge is 0.264 e. The number of hydrogen-bond donors (Lipinski definition) is 0. The van der Waals surface area contributed by atoms with Gasteiger partial charge in [0.05, 0.1) is 6.54 Å². The van der Waals surface area contributed by atoms with E-state index in [0.717, 1.165) is 24.9 Å². The summed E-state index contributed by atoms with van der Waals surface area (Å²) in [5, 5.41) is 12.2. The van der Waals surface area contributed by atoms with Gasteiger partial charge in [-0.2, -0.15) is 4.80 Å². The van der Waals surface area contributed by atoms with Crippen molar-refractivity contribution in [2.24, 2.45) is 0 Å². The van der Waals surface area contributed by atoms with Gasteiger partial charge >= 0.3 is 0 Å². The molecule has 2 aromatic rings. The summed E-state index contributed by atoms with van der Waals surface area (Å²) < 4.78 is 0. The molecule has 0 amide bonds. The number of nitrogens with zero attached hydrogens (tertiary/aromatic N) is 5. The van der Waals surface area contributed by atoms with E-state index in [2.05, 4.69) is 27.3 Å². The third-order valence-electron chi connectivity index (χ3n) is 2.08. The molecule has 0 aliphatic heterocycles. The Labute approximate surface area is 88.2 Å². The Balaban J connectivity index is 2.14. The second-order valence-corrected chi connectivity index (χ2v) is 3.30. The minimum Gasteiger partial charge on any atom is -0.264 e. The van der Waals surface area contributed by atoms with E-state index in [1.165, 1.54) is 0 Å². The smallest absolute Gasteiger partial charge is 0.206 e. The van der Waals surface area contributed by atoms with E-state index in [9.17, 15) is 0 Å². The lowest BCUT2D eigenvalue weighted by Crippen LogP contribution is -2.01. The van der Waals surface area contributed by atoms with Crippen LogP contribution in [0.25, 0.3) is 11.4 Å². The molecule has 2 rings (SSSR count). The van der Waals surface area contributed by atoms with Crippen LogP contribution in [0.1, 0.15) is 19.8 Å². The van der Waals surface area contributed by atoms with E-state index >= 15 is 0 Å². The van der Waals surface area contributed by atoms with Crippen molar-refractivity contribution in [2.45, 2.75) is 26.3 Å². The first-order valence-electron chi connectivity index (χ1n) is 5.08. The van der Waals surface area contributed by atoms with Gasteiger partial charge < -0.3 is 0 Å². The van der Waals surface area contributed by atoms with Crippen molar-refractivity contribution >= 4 is 0 Å². The third kappa shape index (κ3) is 2.37. The Kier molecular flexibility index (Phi) is 3.02.